The van der Waals surface area contributed by atoms with Crippen molar-refractivity contribution in [2.75, 3.05) is 28.7 Å². The van der Waals surface area contributed by atoms with Crippen molar-refractivity contribution in [3.05, 3.63) is 97.1 Å². The quantitative estimate of drug-likeness (QED) is 0.435. The zero-order valence-corrected chi connectivity index (χ0v) is 17.2. The van der Waals surface area contributed by atoms with E-state index in [1.165, 1.54) is 45.0 Å². The normalized spacial score (nSPS) is 14.1. The van der Waals surface area contributed by atoms with E-state index in [0.717, 1.165) is 0 Å². The fourth-order valence-electron chi connectivity index (χ4n) is 5.06. The topological polar surface area (TPSA) is 9.72 Å². The lowest BCUT2D eigenvalue weighted by molar-refractivity contribution is 1.15. The fourth-order valence-corrected chi connectivity index (χ4v) is 5.06. The molecular weight excluding hydrogens is 365 g/mol. The number of hydrogen-bond donors (Lipinski definition) is 0. The van der Waals surface area contributed by atoms with Gasteiger partial charge in [0.05, 0.1) is 22.7 Å². The van der Waals surface area contributed by atoms with Gasteiger partial charge in [0.2, 0.25) is 0 Å². The molecule has 144 valence electrons. The van der Waals surface area contributed by atoms with Crippen LogP contribution in [0.3, 0.4) is 0 Å². The van der Waals surface area contributed by atoms with Crippen LogP contribution in [0.4, 0.5) is 34.1 Å². The van der Waals surface area contributed by atoms with Crippen LogP contribution in [0.5, 0.6) is 0 Å². The zero-order chi connectivity index (χ0) is 20.2. The van der Waals surface area contributed by atoms with Gasteiger partial charge in [0.25, 0.3) is 0 Å². The van der Waals surface area contributed by atoms with Gasteiger partial charge in [-0.2, -0.15) is 0 Å². The van der Waals surface area contributed by atoms with Crippen LogP contribution in [0.15, 0.2) is 97.1 Å². The largest absolute Gasteiger partial charge is 0.373 e. The lowest BCUT2D eigenvalue weighted by atomic mass is 9.46. The summed E-state index contributed by atoms with van der Waals surface area (Å²) in [6, 6.07) is 35.0. The Kier molecular flexibility index (Phi) is 3.69. The second-order valence-corrected chi connectivity index (χ2v) is 7.99. The van der Waals surface area contributed by atoms with Crippen molar-refractivity contribution in [1.82, 2.24) is 0 Å². The van der Waals surface area contributed by atoms with Gasteiger partial charge < -0.3 is 14.6 Å². The zero-order valence-electron chi connectivity index (χ0n) is 17.2. The Hall–Kier alpha value is -3.66. The van der Waals surface area contributed by atoms with Gasteiger partial charge in [0, 0.05) is 25.5 Å². The first kappa shape index (κ1) is 17.2. The first-order valence-electron chi connectivity index (χ1n) is 10.4. The van der Waals surface area contributed by atoms with Crippen LogP contribution >= 0.6 is 0 Å². The molecule has 0 spiro atoms. The molecule has 4 aromatic carbocycles. The molecule has 2 heterocycles. The Bertz CT molecular complexity index is 1070. The highest BCUT2D eigenvalue weighted by atomic mass is 15.2. The lowest BCUT2D eigenvalue weighted by Gasteiger charge is -2.45. The van der Waals surface area contributed by atoms with Crippen LogP contribution < -0.4 is 25.5 Å². The van der Waals surface area contributed by atoms with Crippen LogP contribution in [-0.4, -0.2) is 20.9 Å². The van der Waals surface area contributed by atoms with E-state index in [0.29, 0.717) is 0 Å². The minimum absolute atomic E-state index is 0.101. The van der Waals surface area contributed by atoms with Crippen LogP contribution in [0, 0.1) is 0 Å². The average molecular weight is 387 g/mol. The number of rotatable bonds is 1. The maximum absolute atomic E-state index is 2.52. The highest BCUT2D eigenvalue weighted by molar-refractivity contribution is 6.92. The SMILES string of the molecule is CN1c2ccccc2B(N2c3ccccc3N(C)c3ccccc32)c2ccccc21. The standard InChI is InChI=1S/C26H22BN3/c1-28-21-13-5-3-11-19(21)27(20-12-4-6-14-22(20)28)30-25-17-9-7-15-23(25)29(2)24-16-8-10-18-26(24)30/h3-18H,1-2H3. The highest BCUT2D eigenvalue weighted by Crippen LogP contribution is 2.48. The summed E-state index contributed by atoms with van der Waals surface area (Å²) in [5, 5.41) is 0. The number of hydrogen-bond acceptors (Lipinski definition) is 3. The van der Waals surface area contributed by atoms with Gasteiger partial charge in [-0.25, -0.2) is 0 Å². The summed E-state index contributed by atoms with van der Waals surface area (Å²) in [6.45, 7) is 0.101. The van der Waals surface area contributed by atoms with E-state index in [2.05, 4.69) is 126 Å². The molecule has 0 unspecified atom stereocenters. The number of nitrogens with zero attached hydrogens (tertiary/aromatic N) is 3. The molecule has 0 fully saturated rings. The van der Waals surface area contributed by atoms with Crippen molar-refractivity contribution < 1.29 is 0 Å². The van der Waals surface area contributed by atoms with E-state index < -0.39 is 0 Å². The van der Waals surface area contributed by atoms with Gasteiger partial charge >= 0.3 is 6.85 Å². The van der Waals surface area contributed by atoms with Crippen LogP contribution in [-0.2, 0) is 0 Å². The molecule has 0 aliphatic carbocycles. The summed E-state index contributed by atoms with van der Waals surface area (Å²) in [4.78, 5) is 7.14. The highest BCUT2D eigenvalue weighted by Gasteiger charge is 2.41. The Balaban J connectivity index is 1.68. The molecule has 0 saturated carbocycles. The molecule has 3 nitrogen and oxygen atoms in total. The van der Waals surface area contributed by atoms with Crippen molar-refractivity contribution in [2.24, 2.45) is 0 Å². The molecule has 0 bridgehead atoms. The minimum atomic E-state index is 0.101. The van der Waals surface area contributed by atoms with Gasteiger partial charge in [-0.05, 0) is 47.3 Å². The summed E-state index contributed by atoms with van der Waals surface area (Å²) in [5.41, 5.74) is 10.1. The number of fused-ring (bicyclic) bond motifs is 4. The van der Waals surface area contributed by atoms with E-state index in [-0.39, 0.29) is 6.85 Å². The molecule has 4 heteroatoms. The molecule has 0 atom stereocenters. The second-order valence-electron chi connectivity index (χ2n) is 7.99. The van der Waals surface area contributed by atoms with Crippen molar-refractivity contribution in [3.63, 3.8) is 0 Å². The monoisotopic (exact) mass is 387 g/mol. The van der Waals surface area contributed by atoms with E-state index >= 15 is 0 Å². The molecule has 2 aliphatic rings. The third kappa shape index (κ3) is 2.28. The third-order valence-electron chi connectivity index (χ3n) is 6.45. The van der Waals surface area contributed by atoms with Gasteiger partial charge in [-0.15, -0.1) is 0 Å². The number of anilines is 6. The molecule has 30 heavy (non-hydrogen) atoms. The Morgan fingerprint density at radius 3 is 1.23 bits per heavy atom. The summed E-state index contributed by atoms with van der Waals surface area (Å²) in [6.07, 6.45) is 0. The first-order valence-corrected chi connectivity index (χ1v) is 10.4. The third-order valence-corrected chi connectivity index (χ3v) is 6.45. The van der Waals surface area contributed by atoms with Crippen LogP contribution in [0.25, 0.3) is 0 Å². The number of benzene rings is 4. The fraction of sp³-hybridized carbons (Fsp3) is 0.0769. The summed E-state index contributed by atoms with van der Waals surface area (Å²) >= 11 is 0. The van der Waals surface area contributed by atoms with Crippen molar-refractivity contribution in [3.8, 4) is 0 Å². The van der Waals surface area contributed by atoms with E-state index in [4.69, 9.17) is 0 Å². The minimum Gasteiger partial charge on any atom is -0.373 e. The van der Waals surface area contributed by atoms with E-state index in [9.17, 15) is 0 Å². The predicted molar refractivity (Wildman–Crippen MR) is 129 cm³/mol. The maximum Gasteiger partial charge on any atom is 0.332 e. The molecule has 0 amide bonds. The van der Waals surface area contributed by atoms with Gasteiger partial charge in [0.15, 0.2) is 0 Å². The van der Waals surface area contributed by atoms with Crippen molar-refractivity contribution in [2.45, 2.75) is 0 Å². The maximum atomic E-state index is 2.52. The summed E-state index contributed by atoms with van der Waals surface area (Å²) in [5.74, 6) is 0. The van der Waals surface area contributed by atoms with Gasteiger partial charge in [-0.3, -0.25) is 0 Å². The molecule has 0 N–H and O–H groups in total. The van der Waals surface area contributed by atoms with Crippen molar-refractivity contribution in [1.29, 1.82) is 0 Å². The molecule has 6 rings (SSSR count). The lowest BCUT2D eigenvalue weighted by Crippen LogP contribution is -2.60. The van der Waals surface area contributed by atoms with E-state index in [1.54, 1.807) is 0 Å². The Morgan fingerprint density at radius 2 is 0.767 bits per heavy atom. The smallest absolute Gasteiger partial charge is 0.332 e. The molecule has 0 saturated heterocycles. The Labute approximate surface area is 177 Å². The first-order chi connectivity index (χ1) is 14.8. The van der Waals surface area contributed by atoms with Gasteiger partial charge in [-0.1, -0.05) is 60.7 Å². The molecule has 0 radical (unpaired) electrons. The van der Waals surface area contributed by atoms with Gasteiger partial charge in [0.1, 0.15) is 0 Å². The second kappa shape index (κ2) is 6.43. The predicted octanol–water partition coefficient (Wildman–Crippen LogP) is 4.79. The number of para-hydroxylation sites is 6. The van der Waals surface area contributed by atoms with E-state index in [1.807, 2.05) is 0 Å². The average Bonchev–Trinajstić information content (AvgIpc) is 2.81. The molecule has 0 aromatic heterocycles. The summed E-state index contributed by atoms with van der Waals surface area (Å²) in [7, 11) is 4.32. The Morgan fingerprint density at radius 1 is 0.433 bits per heavy atom. The molecular formula is C26H22BN3. The molecule has 2 aliphatic heterocycles. The van der Waals surface area contributed by atoms with Crippen LogP contribution in [0.1, 0.15) is 0 Å². The van der Waals surface area contributed by atoms with Crippen molar-refractivity contribution >= 4 is 51.9 Å². The van der Waals surface area contributed by atoms with Crippen LogP contribution in [0.2, 0.25) is 0 Å². The molecule has 4 aromatic rings. The summed E-state index contributed by atoms with van der Waals surface area (Å²) < 4.78 is 0.